The van der Waals surface area contributed by atoms with Gasteiger partial charge in [0.05, 0.1) is 11.7 Å². The lowest BCUT2D eigenvalue weighted by atomic mass is 9.94. The van der Waals surface area contributed by atoms with Crippen LogP contribution in [-0.2, 0) is 4.74 Å². The zero-order chi connectivity index (χ0) is 14.3. The molecule has 0 saturated carbocycles. The van der Waals surface area contributed by atoms with E-state index in [4.69, 9.17) is 4.74 Å². The summed E-state index contributed by atoms with van der Waals surface area (Å²) in [6, 6.07) is 8.49. The lowest BCUT2D eigenvalue weighted by Gasteiger charge is -2.42. The second kappa shape index (κ2) is 5.02. The quantitative estimate of drug-likeness (QED) is 0.514. The Labute approximate surface area is 115 Å². The molecule has 7 nitrogen and oxygen atoms in total. The molecule has 5 atom stereocenters. The summed E-state index contributed by atoms with van der Waals surface area (Å²) in [5, 5.41) is 39.3. The van der Waals surface area contributed by atoms with Crippen molar-refractivity contribution in [2.24, 2.45) is 4.99 Å². The molecule has 1 aromatic carbocycles. The van der Waals surface area contributed by atoms with Gasteiger partial charge in [0.25, 0.3) is 6.02 Å². The van der Waals surface area contributed by atoms with Gasteiger partial charge in [-0.2, -0.15) is 4.99 Å². The molecule has 2 heterocycles. The monoisotopic (exact) mass is 280 g/mol. The van der Waals surface area contributed by atoms with Crippen molar-refractivity contribution in [2.45, 2.75) is 30.6 Å². The first-order chi connectivity index (χ1) is 9.59. The second-order valence-electron chi connectivity index (χ2n) is 4.90. The number of rotatable bonds is 1. The number of amidine groups is 1. The number of benzene rings is 1. The van der Waals surface area contributed by atoms with Crippen molar-refractivity contribution in [3.63, 3.8) is 0 Å². The van der Waals surface area contributed by atoms with Crippen molar-refractivity contribution in [2.75, 3.05) is 6.61 Å². The molecule has 4 N–H and O–H groups in total. The molecule has 108 valence electrons. The summed E-state index contributed by atoms with van der Waals surface area (Å²) in [5.41, 5.74) is 0.630. The molecular formula is C13H16N2O5. The number of ether oxygens (including phenoxy) is 1. The highest BCUT2D eigenvalue weighted by atomic mass is 16.5. The highest BCUT2D eigenvalue weighted by Gasteiger charge is 2.52. The second-order valence-corrected chi connectivity index (χ2v) is 4.90. The molecule has 2 fully saturated rings. The van der Waals surface area contributed by atoms with Gasteiger partial charge in [0, 0.05) is 0 Å². The average molecular weight is 280 g/mol. The standard InChI is InChI=1S/C13H16N2O5/c16-9-8-6-20-13(14-7-4-2-1-3-5-7)15(8)12(19)11(18)10(9)17/h1-5,8-12,16-19H,6H2/t8-,9-,10+,11+,12-/m1/s1. The van der Waals surface area contributed by atoms with Crippen LogP contribution in [0.5, 0.6) is 0 Å². The number of para-hydroxylation sites is 1. The van der Waals surface area contributed by atoms with Gasteiger partial charge in [-0.3, -0.25) is 4.90 Å². The van der Waals surface area contributed by atoms with Crippen molar-refractivity contribution in [1.82, 2.24) is 4.90 Å². The van der Waals surface area contributed by atoms with E-state index in [1.807, 2.05) is 18.2 Å². The molecule has 20 heavy (non-hydrogen) atoms. The Morgan fingerprint density at radius 1 is 1.00 bits per heavy atom. The average Bonchev–Trinajstić information content (AvgIpc) is 2.88. The maximum absolute atomic E-state index is 10.0. The van der Waals surface area contributed by atoms with Gasteiger partial charge >= 0.3 is 0 Å². The molecule has 0 spiro atoms. The summed E-state index contributed by atoms with van der Waals surface area (Å²) in [6.07, 6.45) is -5.48. The topological polar surface area (TPSA) is 106 Å². The molecule has 2 saturated heterocycles. The normalized spacial score (nSPS) is 38.7. The fourth-order valence-electron chi connectivity index (χ4n) is 2.50. The van der Waals surface area contributed by atoms with Crippen LogP contribution >= 0.6 is 0 Å². The minimum atomic E-state index is -1.48. The number of hydrogen-bond donors (Lipinski definition) is 4. The highest BCUT2D eigenvalue weighted by molar-refractivity contribution is 5.79. The number of fused-ring (bicyclic) bond motifs is 1. The number of aliphatic hydroxyl groups excluding tert-OH is 4. The van der Waals surface area contributed by atoms with E-state index >= 15 is 0 Å². The van der Waals surface area contributed by atoms with Crippen molar-refractivity contribution in [3.8, 4) is 0 Å². The van der Waals surface area contributed by atoms with Gasteiger partial charge in [-0.15, -0.1) is 0 Å². The zero-order valence-electron chi connectivity index (χ0n) is 10.6. The van der Waals surface area contributed by atoms with Crippen LogP contribution in [0.15, 0.2) is 35.3 Å². The van der Waals surface area contributed by atoms with Crippen LogP contribution in [0.3, 0.4) is 0 Å². The third-order valence-electron chi connectivity index (χ3n) is 3.63. The fraction of sp³-hybridized carbons (Fsp3) is 0.462. The Morgan fingerprint density at radius 2 is 1.70 bits per heavy atom. The van der Waals surface area contributed by atoms with Crippen LogP contribution in [0, 0.1) is 0 Å². The summed E-state index contributed by atoms with van der Waals surface area (Å²) in [4.78, 5) is 5.54. The van der Waals surface area contributed by atoms with E-state index in [0.29, 0.717) is 5.69 Å². The van der Waals surface area contributed by atoms with Gasteiger partial charge in [0.1, 0.15) is 24.9 Å². The van der Waals surface area contributed by atoms with Crippen molar-refractivity contribution < 1.29 is 25.2 Å². The molecule has 0 aromatic heterocycles. The van der Waals surface area contributed by atoms with Crippen molar-refractivity contribution in [3.05, 3.63) is 30.3 Å². The van der Waals surface area contributed by atoms with E-state index in [9.17, 15) is 20.4 Å². The van der Waals surface area contributed by atoms with E-state index in [1.54, 1.807) is 12.1 Å². The maximum atomic E-state index is 10.0. The van der Waals surface area contributed by atoms with Crippen LogP contribution in [0.25, 0.3) is 0 Å². The van der Waals surface area contributed by atoms with E-state index < -0.39 is 30.6 Å². The Hall–Kier alpha value is -1.67. The SMILES string of the molecule is O[C@@H]1[C@H](O)[C@@H](O)N2C(=Nc3ccccc3)OC[C@@H]2[C@H]1O. The summed E-state index contributed by atoms with van der Waals surface area (Å²) in [6.45, 7) is 0.0909. The lowest BCUT2D eigenvalue weighted by molar-refractivity contribution is -0.190. The van der Waals surface area contributed by atoms with Crippen LogP contribution in [0.2, 0.25) is 0 Å². The van der Waals surface area contributed by atoms with E-state index in [0.717, 1.165) is 0 Å². The lowest BCUT2D eigenvalue weighted by Crippen LogP contribution is -2.65. The van der Waals surface area contributed by atoms with E-state index in [2.05, 4.69) is 4.99 Å². The first kappa shape index (κ1) is 13.3. The summed E-state index contributed by atoms with van der Waals surface area (Å²) in [5.74, 6) is 0. The van der Waals surface area contributed by atoms with Crippen molar-refractivity contribution in [1.29, 1.82) is 0 Å². The minimum absolute atomic E-state index is 0.0909. The molecule has 2 aliphatic heterocycles. The molecule has 7 heteroatoms. The summed E-state index contributed by atoms with van der Waals surface area (Å²) < 4.78 is 5.38. The van der Waals surface area contributed by atoms with E-state index in [1.165, 1.54) is 4.90 Å². The Balaban J connectivity index is 1.91. The smallest absolute Gasteiger partial charge is 0.295 e. The van der Waals surface area contributed by atoms with Gasteiger partial charge < -0.3 is 25.2 Å². The third kappa shape index (κ3) is 2.04. The predicted molar refractivity (Wildman–Crippen MR) is 69.1 cm³/mol. The predicted octanol–water partition coefficient (Wildman–Crippen LogP) is -1.21. The number of aliphatic hydroxyl groups is 4. The maximum Gasteiger partial charge on any atom is 0.295 e. The van der Waals surface area contributed by atoms with Gasteiger partial charge in [-0.1, -0.05) is 18.2 Å². The molecule has 0 aliphatic carbocycles. The van der Waals surface area contributed by atoms with Crippen LogP contribution in [0.1, 0.15) is 0 Å². The molecule has 3 rings (SSSR count). The van der Waals surface area contributed by atoms with Gasteiger partial charge in [-0.05, 0) is 12.1 Å². The highest BCUT2D eigenvalue weighted by Crippen LogP contribution is 2.29. The van der Waals surface area contributed by atoms with Crippen molar-refractivity contribution >= 4 is 11.7 Å². The minimum Gasteiger partial charge on any atom is -0.463 e. The summed E-state index contributed by atoms with van der Waals surface area (Å²) in [7, 11) is 0. The molecule has 1 aromatic rings. The third-order valence-corrected chi connectivity index (χ3v) is 3.63. The molecular weight excluding hydrogens is 264 g/mol. The van der Waals surface area contributed by atoms with Gasteiger partial charge in [-0.25, -0.2) is 0 Å². The Bertz CT molecular complexity index is 509. The number of aliphatic imine (C=N–C) groups is 1. The molecule has 0 radical (unpaired) electrons. The van der Waals surface area contributed by atoms with Crippen LogP contribution in [0.4, 0.5) is 5.69 Å². The van der Waals surface area contributed by atoms with E-state index in [-0.39, 0.29) is 12.6 Å². The largest absolute Gasteiger partial charge is 0.463 e. The summed E-state index contributed by atoms with van der Waals surface area (Å²) >= 11 is 0. The fourth-order valence-corrected chi connectivity index (χ4v) is 2.50. The first-order valence-corrected chi connectivity index (χ1v) is 6.37. The number of nitrogens with zero attached hydrogens (tertiary/aromatic N) is 2. The molecule has 0 bridgehead atoms. The number of piperidine rings is 1. The van der Waals surface area contributed by atoms with Gasteiger partial charge in [0.2, 0.25) is 0 Å². The molecule has 0 unspecified atom stereocenters. The zero-order valence-corrected chi connectivity index (χ0v) is 10.6. The first-order valence-electron chi connectivity index (χ1n) is 6.37. The molecule has 2 aliphatic rings. The number of hydrogen-bond acceptors (Lipinski definition) is 6. The molecule has 0 amide bonds. The van der Waals surface area contributed by atoms with Crippen LogP contribution in [-0.4, -0.2) is 68.5 Å². The van der Waals surface area contributed by atoms with Crippen LogP contribution < -0.4 is 0 Å². The Morgan fingerprint density at radius 3 is 2.40 bits per heavy atom. The Kier molecular flexibility index (Phi) is 3.35. The van der Waals surface area contributed by atoms with Gasteiger partial charge in [0.15, 0.2) is 6.23 Å².